The van der Waals surface area contributed by atoms with Crippen molar-refractivity contribution >= 4 is 36.7 Å². The minimum Gasteiger partial charge on any atom is -0.274 e. The van der Waals surface area contributed by atoms with Gasteiger partial charge < -0.3 is 9.84 Å². The van der Waals surface area contributed by atoms with Gasteiger partial charge in [-0.25, -0.2) is 11.3 Å². The van der Waals surface area contributed by atoms with Crippen LogP contribution in [0.3, 0.4) is 0 Å². The molecule has 0 unspecified atom stereocenters. The molecule has 1 aliphatic carbocycles. The molecule has 28 heavy (non-hydrogen) atoms. The molecule has 159 valence electrons. The Balaban J connectivity index is -0.000000366. The van der Waals surface area contributed by atoms with Gasteiger partial charge >= 0.3 is 37.6 Å². The van der Waals surface area contributed by atoms with Gasteiger partial charge in [-0.2, -0.15) is 6.08 Å². The van der Waals surface area contributed by atoms with Gasteiger partial charge in [0.05, 0.1) is 7.11 Å². The first kappa shape index (κ1) is 32.3. The number of aromatic hydroxyl groups is 1. The standard InChI is InChI=1S/C11H16O2.C8H13Si.C3H6.2ClH.Ti/c1-11(2,3)8-5-9(12)7-10(6-8)13-4;1-9(2,3)8-6-4-5-7-8;1-3-2;;;/h5-7,12H,1-4H3;4,6H,5H2,1-3H3;1-2H3;2*1H;/q;-1;;;;+1. The fourth-order valence-corrected chi connectivity index (χ4v) is 3.30. The molecule has 2 nitrogen and oxygen atoms in total. The summed E-state index contributed by atoms with van der Waals surface area (Å²) in [4.78, 5) is 0. The van der Waals surface area contributed by atoms with E-state index in [0.29, 0.717) is 5.75 Å². The minimum absolute atomic E-state index is 0. The summed E-state index contributed by atoms with van der Waals surface area (Å²) in [5.74, 6) is 0.953. The molecule has 0 saturated heterocycles. The summed E-state index contributed by atoms with van der Waals surface area (Å²) >= 11 is 2.08. The van der Waals surface area contributed by atoms with Crippen molar-refractivity contribution in [1.82, 2.24) is 0 Å². The van der Waals surface area contributed by atoms with Gasteiger partial charge in [-0.05, 0) is 23.1 Å². The Bertz CT molecular complexity index is 653. The summed E-state index contributed by atoms with van der Waals surface area (Å²) in [6, 6.07) is 5.32. The first-order valence-corrected chi connectivity index (χ1v) is 13.2. The van der Waals surface area contributed by atoms with Crippen LogP contribution in [0.15, 0.2) is 35.5 Å². The van der Waals surface area contributed by atoms with E-state index < -0.39 is 8.07 Å². The molecule has 1 aromatic carbocycles. The number of phenolic OH excluding ortho intramolecular Hbond substituents is 1. The van der Waals surface area contributed by atoms with Crippen molar-refractivity contribution in [2.75, 3.05) is 7.11 Å². The largest absolute Gasteiger partial charge is 0.274 e. The molecule has 0 saturated carbocycles. The average Bonchev–Trinajstić information content (AvgIpc) is 3.00. The van der Waals surface area contributed by atoms with E-state index in [9.17, 15) is 5.11 Å². The maximum absolute atomic E-state index is 9.41. The summed E-state index contributed by atoms with van der Waals surface area (Å²) in [5, 5.41) is 10.9. The van der Waals surface area contributed by atoms with Crippen molar-refractivity contribution in [2.24, 2.45) is 0 Å². The van der Waals surface area contributed by atoms with E-state index in [0.717, 1.165) is 12.0 Å². The molecule has 1 aromatic rings. The second kappa shape index (κ2) is 14.6. The van der Waals surface area contributed by atoms with Crippen LogP contribution in [0.1, 0.15) is 46.6 Å². The quantitative estimate of drug-likeness (QED) is 0.371. The number of rotatable bonds is 2. The van der Waals surface area contributed by atoms with E-state index in [-0.39, 0.29) is 36.0 Å². The zero-order chi connectivity index (χ0) is 20.5. The summed E-state index contributed by atoms with van der Waals surface area (Å²) in [6.07, 6.45) is 8.82. The molecular formula is C22H37Cl2O2SiTi. The maximum atomic E-state index is 9.41. The smallest absolute Gasteiger partial charge is 0.0393 e. The van der Waals surface area contributed by atoms with Gasteiger partial charge in [0.2, 0.25) is 0 Å². The van der Waals surface area contributed by atoms with Crippen molar-refractivity contribution in [3.05, 3.63) is 47.2 Å². The zero-order valence-electron chi connectivity index (χ0n) is 18.8. The molecule has 0 radical (unpaired) electrons. The van der Waals surface area contributed by atoms with E-state index in [1.54, 1.807) is 19.2 Å². The summed E-state index contributed by atoms with van der Waals surface area (Å²) in [6.45, 7) is 17.5. The van der Waals surface area contributed by atoms with Crippen molar-refractivity contribution in [2.45, 2.75) is 66.1 Å². The Morgan fingerprint density at radius 1 is 1.11 bits per heavy atom. The Hall–Kier alpha value is -0.319. The topological polar surface area (TPSA) is 29.5 Å². The SMILES string of the molecule is COc1cc(O)cc(C(C)(C)C)c1.C[C](C)=[Ti+].C[Si](C)(C)C1=[C-]CC=C1.Cl.Cl. The number of methoxy groups -OCH3 is 1. The van der Waals surface area contributed by atoms with Crippen LogP contribution in [0, 0.1) is 6.08 Å². The van der Waals surface area contributed by atoms with E-state index >= 15 is 0 Å². The van der Waals surface area contributed by atoms with Crippen LogP contribution in [-0.2, 0) is 25.4 Å². The Morgan fingerprint density at radius 2 is 1.61 bits per heavy atom. The van der Waals surface area contributed by atoms with Gasteiger partial charge in [-0.15, -0.1) is 31.2 Å². The average molecular weight is 480 g/mol. The van der Waals surface area contributed by atoms with Crippen LogP contribution in [0.4, 0.5) is 0 Å². The fraction of sp³-hybridized carbons (Fsp3) is 0.500. The Labute approximate surface area is 197 Å². The van der Waals surface area contributed by atoms with Crippen molar-refractivity contribution in [1.29, 1.82) is 0 Å². The third kappa shape index (κ3) is 14.6. The molecule has 2 rings (SSSR count). The van der Waals surface area contributed by atoms with Crippen LogP contribution >= 0.6 is 24.8 Å². The van der Waals surface area contributed by atoms with Gasteiger partial charge in [0.15, 0.2) is 0 Å². The second-order valence-electron chi connectivity index (χ2n) is 8.62. The fourth-order valence-electron chi connectivity index (χ4n) is 2.05. The molecule has 1 N–H and O–H groups in total. The predicted octanol–water partition coefficient (Wildman–Crippen LogP) is 6.84. The molecule has 0 bridgehead atoms. The number of phenols is 1. The summed E-state index contributed by atoms with van der Waals surface area (Å²) < 4.78 is 6.49. The minimum atomic E-state index is -1.01. The van der Waals surface area contributed by atoms with Crippen LogP contribution in [0.25, 0.3) is 0 Å². The molecule has 0 fully saturated rings. The first-order valence-electron chi connectivity index (χ1n) is 8.95. The molecule has 0 aromatic heterocycles. The number of allylic oxidation sites excluding steroid dienone is 4. The van der Waals surface area contributed by atoms with Crippen molar-refractivity contribution in [3.8, 4) is 11.5 Å². The van der Waals surface area contributed by atoms with Crippen molar-refractivity contribution < 1.29 is 29.8 Å². The summed E-state index contributed by atoms with van der Waals surface area (Å²) in [5.41, 5.74) is 1.11. The van der Waals surface area contributed by atoms with Gasteiger partial charge in [-0.3, -0.25) is 6.08 Å². The number of hydrogen-bond acceptors (Lipinski definition) is 2. The van der Waals surface area contributed by atoms with Gasteiger partial charge in [-0.1, -0.05) is 40.4 Å². The molecule has 0 atom stereocenters. The summed E-state index contributed by atoms with van der Waals surface area (Å²) in [7, 11) is 0.593. The molecule has 0 spiro atoms. The monoisotopic (exact) mass is 479 g/mol. The third-order valence-electron chi connectivity index (χ3n) is 3.50. The van der Waals surface area contributed by atoms with Crippen LogP contribution in [-0.4, -0.2) is 24.1 Å². The molecule has 0 amide bonds. The van der Waals surface area contributed by atoms with Crippen LogP contribution in [0.5, 0.6) is 11.5 Å². The Kier molecular flexibility index (Phi) is 16.9. The molecular weight excluding hydrogens is 443 g/mol. The van der Waals surface area contributed by atoms with Crippen LogP contribution in [0.2, 0.25) is 19.6 Å². The normalized spacial score (nSPS) is 12.2. The second-order valence-corrected chi connectivity index (χ2v) is 15.2. The molecule has 6 heteroatoms. The van der Waals surface area contributed by atoms with Crippen molar-refractivity contribution in [3.63, 3.8) is 0 Å². The number of benzene rings is 1. The van der Waals surface area contributed by atoms with Gasteiger partial charge in [0.1, 0.15) is 11.5 Å². The first-order chi connectivity index (χ1) is 11.8. The van der Waals surface area contributed by atoms with Gasteiger partial charge in [0, 0.05) is 14.1 Å². The molecule has 1 aliphatic rings. The predicted molar refractivity (Wildman–Crippen MR) is 128 cm³/mol. The van der Waals surface area contributed by atoms with Crippen LogP contribution < -0.4 is 4.74 Å². The molecule has 0 aliphatic heterocycles. The maximum Gasteiger partial charge on any atom is 0.0393 e. The van der Waals surface area contributed by atoms with E-state index in [2.05, 4.69) is 92.5 Å². The number of hydrogen-bond donors (Lipinski definition) is 1. The van der Waals surface area contributed by atoms with E-state index in [1.165, 1.54) is 9.01 Å². The van der Waals surface area contributed by atoms with E-state index in [1.807, 2.05) is 6.07 Å². The third-order valence-corrected chi connectivity index (χ3v) is 5.46. The number of halogens is 2. The molecule has 0 heterocycles. The Morgan fingerprint density at radius 3 is 1.89 bits per heavy atom. The van der Waals surface area contributed by atoms with E-state index in [4.69, 9.17) is 4.74 Å². The van der Waals surface area contributed by atoms with Gasteiger partial charge in [0.25, 0.3) is 0 Å². The zero-order valence-corrected chi connectivity index (χ0v) is 23.0. The number of ether oxygens (including phenoxy) is 1.